The number of para-hydroxylation sites is 1. The number of benzene rings is 2. The first kappa shape index (κ1) is 18.4. The van der Waals surface area contributed by atoms with Gasteiger partial charge in [0.1, 0.15) is 11.6 Å². The summed E-state index contributed by atoms with van der Waals surface area (Å²) in [5.41, 5.74) is 0.629. The van der Waals surface area contributed by atoms with E-state index < -0.39 is 12.0 Å². The van der Waals surface area contributed by atoms with Gasteiger partial charge >= 0.3 is 5.97 Å². The van der Waals surface area contributed by atoms with Gasteiger partial charge in [-0.05, 0) is 29.8 Å². The first-order valence-corrected chi connectivity index (χ1v) is 7.88. The number of amides is 1. The standard InChI is InChI=1S/C19H20FNO4/c1-24-19(23)13-17(14-7-9-15(20)10-8-14)21-18(22)11-12-25-16-5-3-2-4-6-16/h2-10,17H,11-13H2,1H3,(H,21,22). The zero-order chi connectivity index (χ0) is 18.1. The fourth-order valence-corrected chi connectivity index (χ4v) is 2.24. The molecule has 0 aliphatic carbocycles. The van der Waals surface area contributed by atoms with Crippen molar-refractivity contribution in [1.82, 2.24) is 5.32 Å². The minimum atomic E-state index is -0.586. The summed E-state index contributed by atoms with van der Waals surface area (Å²) in [7, 11) is 1.28. The predicted octanol–water partition coefficient (Wildman–Crippen LogP) is 3.02. The van der Waals surface area contributed by atoms with E-state index in [1.54, 1.807) is 12.1 Å². The Labute approximate surface area is 145 Å². The Morgan fingerprint density at radius 2 is 1.76 bits per heavy atom. The molecule has 5 nitrogen and oxygen atoms in total. The van der Waals surface area contributed by atoms with E-state index in [4.69, 9.17) is 4.74 Å². The van der Waals surface area contributed by atoms with Gasteiger partial charge in [0, 0.05) is 0 Å². The Kier molecular flexibility index (Phi) is 6.95. The van der Waals surface area contributed by atoms with E-state index in [9.17, 15) is 14.0 Å². The summed E-state index contributed by atoms with van der Waals surface area (Å²) in [6, 6.07) is 14.2. The third kappa shape index (κ3) is 6.25. The van der Waals surface area contributed by atoms with Crippen LogP contribution in [0, 0.1) is 5.82 Å². The van der Waals surface area contributed by atoms with E-state index in [-0.39, 0.29) is 31.2 Å². The quantitative estimate of drug-likeness (QED) is 0.747. The van der Waals surface area contributed by atoms with E-state index in [2.05, 4.69) is 10.1 Å². The number of ether oxygens (including phenoxy) is 2. The van der Waals surface area contributed by atoms with Gasteiger partial charge in [0.25, 0.3) is 0 Å². The summed E-state index contributed by atoms with van der Waals surface area (Å²) in [6.07, 6.45) is 0.0984. The SMILES string of the molecule is COC(=O)CC(NC(=O)CCOc1ccccc1)c1ccc(F)cc1. The maximum absolute atomic E-state index is 13.1. The van der Waals surface area contributed by atoms with Gasteiger partial charge in [-0.25, -0.2) is 4.39 Å². The second kappa shape index (κ2) is 9.42. The number of esters is 1. The van der Waals surface area contributed by atoms with Crippen molar-refractivity contribution in [2.45, 2.75) is 18.9 Å². The summed E-state index contributed by atoms with van der Waals surface area (Å²) in [4.78, 5) is 23.7. The van der Waals surface area contributed by atoms with E-state index >= 15 is 0 Å². The molecule has 1 atom stereocenters. The lowest BCUT2D eigenvalue weighted by Crippen LogP contribution is -2.31. The highest BCUT2D eigenvalue weighted by Gasteiger charge is 2.19. The van der Waals surface area contributed by atoms with Gasteiger partial charge in [0.15, 0.2) is 0 Å². The van der Waals surface area contributed by atoms with Gasteiger partial charge in [-0.1, -0.05) is 30.3 Å². The van der Waals surface area contributed by atoms with E-state index in [1.165, 1.54) is 31.4 Å². The molecule has 0 spiro atoms. The zero-order valence-corrected chi connectivity index (χ0v) is 13.9. The first-order chi connectivity index (χ1) is 12.1. The molecule has 0 saturated heterocycles. The second-order valence-corrected chi connectivity index (χ2v) is 5.36. The molecular formula is C19H20FNO4. The Morgan fingerprint density at radius 3 is 2.40 bits per heavy atom. The minimum absolute atomic E-state index is 0.0343. The van der Waals surface area contributed by atoms with Crippen molar-refractivity contribution < 1.29 is 23.5 Å². The first-order valence-electron chi connectivity index (χ1n) is 7.88. The van der Waals surface area contributed by atoms with Crippen LogP contribution >= 0.6 is 0 Å². The number of nitrogens with one attached hydrogen (secondary N) is 1. The van der Waals surface area contributed by atoms with Crippen molar-refractivity contribution in [3.63, 3.8) is 0 Å². The van der Waals surface area contributed by atoms with E-state index in [0.717, 1.165) is 0 Å². The molecule has 25 heavy (non-hydrogen) atoms. The van der Waals surface area contributed by atoms with Crippen LogP contribution in [0.2, 0.25) is 0 Å². The van der Waals surface area contributed by atoms with Crippen molar-refractivity contribution in [1.29, 1.82) is 0 Å². The molecule has 2 aromatic rings. The lowest BCUT2D eigenvalue weighted by atomic mass is 10.0. The molecule has 1 N–H and O–H groups in total. The summed E-state index contributed by atoms with van der Waals surface area (Å²) in [5, 5.41) is 2.76. The molecule has 2 aromatic carbocycles. The fourth-order valence-electron chi connectivity index (χ4n) is 2.24. The van der Waals surface area contributed by atoms with Crippen molar-refractivity contribution in [2.24, 2.45) is 0 Å². The molecule has 0 aliphatic rings. The monoisotopic (exact) mass is 345 g/mol. The van der Waals surface area contributed by atoms with Gasteiger partial charge in [0.05, 0.1) is 32.6 Å². The van der Waals surface area contributed by atoms with Gasteiger partial charge in [0.2, 0.25) is 5.91 Å². The Hall–Kier alpha value is -2.89. The number of carbonyl (C=O) groups excluding carboxylic acids is 2. The normalized spacial score (nSPS) is 11.4. The highest BCUT2D eigenvalue weighted by molar-refractivity contribution is 5.78. The molecule has 6 heteroatoms. The van der Waals surface area contributed by atoms with Gasteiger partial charge in [-0.15, -0.1) is 0 Å². The van der Waals surface area contributed by atoms with Crippen molar-refractivity contribution in [2.75, 3.05) is 13.7 Å². The lowest BCUT2D eigenvalue weighted by Gasteiger charge is -2.18. The Balaban J connectivity index is 1.92. The van der Waals surface area contributed by atoms with Crippen LogP contribution in [-0.2, 0) is 14.3 Å². The largest absolute Gasteiger partial charge is 0.493 e. The molecule has 132 valence electrons. The highest BCUT2D eigenvalue weighted by atomic mass is 19.1. The Bertz CT molecular complexity index is 688. The van der Waals surface area contributed by atoms with Crippen molar-refractivity contribution in [3.8, 4) is 5.75 Å². The lowest BCUT2D eigenvalue weighted by molar-refractivity contribution is -0.141. The van der Waals surface area contributed by atoms with Crippen LogP contribution in [0.1, 0.15) is 24.4 Å². The van der Waals surface area contributed by atoms with Crippen molar-refractivity contribution in [3.05, 3.63) is 66.0 Å². The third-order valence-electron chi connectivity index (χ3n) is 3.55. The number of methoxy groups -OCH3 is 1. The maximum atomic E-state index is 13.1. The summed E-state index contributed by atoms with van der Waals surface area (Å²) in [6.45, 7) is 0.213. The molecule has 0 bridgehead atoms. The molecule has 0 fully saturated rings. The van der Waals surface area contributed by atoms with E-state index in [0.29, 0.717) is 11.3 Å². The number of halogens is 1. The second-order valence-electron chi connectivity index (χ2n) is 5.36. The summed E-state index contributed by atoms with van der Waals surface area (Å²) < 4.78 is 23.2. The number of carbonyl (C=O) groups is 2. The molecule has 1 amide bonds. The van der Waals surface area contributed by atoms with Crippen LogP contribution in [0.15, 0.2) is 54.6 Å². The molecular weight excluding hydrogens is 325 g/mol. The number of hydrogen-bond acceptors (Lipinski definition) is 4. The predicted molar refractivity (Wildman–Crippen MR) is 90.5 cm³/mol. The highest BCUT2D eigenvalue weighted by Crippen LogP contribution is 2.18. The van der Waals surface area contributed by atoms with Crippen molar-refractivity contribution >= 4 is 11.9 Å². The smallest absolute Gasteiger partial charge is 0.307 e. The van der Waals surface area contributed by atoms with E-state index in [1.807, 2.05) is 18.2 Å². The number of rotatable bonds is 8. The van der Waals surface area contributed by atoms with Gasteiger partial charge in [-0.3, -0.25) is 9.59 Å². The summed E-state index contributed by atoms with van der Waals surface area (Å²) >= 11 is 0. The number of hydrogen-bond donors (Lipinski definition) is 1. The Morgan fingerprint density at radius 1 is 1.08 bits per heavy atom. The molecule has 0 radical (unpaired) electrons. The molecule has 2 rings (SSSR count). The van der Waals surface area contributed by atoms with Crippen LogP contribution in [0.5, 0.6) is 5.75 Å². The fraction of sp³-hybridized carbons (Fsp3) is 0.263. The molecule has 0 heterocycles. The molecule has 0 saturated carbocycles. The topological polar surface area (TPSA) is 64.6 Å². The summed E-state index contributed by atoms with van der Waals surface area (Å²) in [5.74, 6) is -0.438. The molecule has 0 aromatic heterocycles. The third-order valence-corrected chi connectivity index (χ3v) is 3.55. The maximum Gasteiger partial charge on any atom is 0.307 e. The average Bonchev–Trinajstić information content (AvgIpc) is 2.62. The van der Waals surface area contributed by atoms with Gasteiger partial charge < -0.3 is 14.8 Å². The van der Waals surface area contributed by atoms with Crippen LogP contribution in [0.25, 0.3) is 0 Å². The van der Waals surface area contributed by atoms with Gasteiger partial charge in [-0.2, -0.15) is 0 Å². The molecule has 1 unspecified atom stereocenters. The van der Waals surface area contributed by atoms with Crippen LogP contribution < -0.4 is 10.1 Å². The average molecular weight is 345 g/mol. The van der Waals surface area contributed by atoms with Crippen LogP contribution in [0.3, 0.4) is 0 Å². The van der Waals surface area contributed by atoms with Crippen LogP contribution in [0.4, 0.5) is 4.39 Å². The zero-order valence-electron chi connectivity index (χ0n) is 13.9. The minimum Gasteiger partial charge on any atom is -0.493 e. The van der Waals surface area contributed by atoms with Crippen LogP contribution in [-0.4, -0.2) is 25.6 Å². The molecule has 0 aliphatic heterocycles.